The lowest BCUT2D eigenvalue weighted by Gasteiger charge is -2.18. The zero-order valence-corrected chi connectivity index (χ0v) is 17.0. The van der Waals surface area contributed by atoms with Gasteiger partial charge in [-0.1, -0.05) is 60.4 Å². The van der Waals surface area contributed by atoms with Gasteiger partial charge < -0.3 is 0 Å². The number of aromatic nitrogens is 2. The van der Waals surface area contributed by atoms with Gasteiger partial charge in [0.2, 0.25) is 0 Å². The molecule has 0 radical (unpaired) electrons. The maximum atomic E-state index is 12.8. The Labute approximate surface area is 161 Å². The van der Waals surface area contributed by atoms with Crippen LogP contribution in [-0.4, -0.2) is 21.5 Å². The van der Waals surface area contributed by atoms with Crippen LogP contribution in [0.3, 0.4) is 0 Å². The summed E-state index contributed by atoms with van der Waals surface area (Å²) < 4.78 is 0. The van der Waals surface area contributed by atoms with Crippen LogP contribution in [0.2, 0.25) is 5.02 Å². The highest BCUT2D eigenvalue weighted by atomic mass is 79.9. The van der Waals surface area contributed by atoms with Crippen LogP contribution in [-0.2, 0) is 11.2 Å². The van der Waals surface area contributed by atoms with E-state index in [0.717, 1.165) is 0 Å². The first-order valence-electron chi connectivity index (χ1n) is 7.89. The quantitative estimate of drug-likeness (QED) is 0.506. The number of hydrogen-bond donors (Lipinski definition) is 0. The highest BCUT2D eigenvalue weighted by Crippen LogP contribution is 2.31. The molecule has 0 amide bonds. The summed E-state index contributed by atoms with van der Waals surface area (Å²) in [6, 6.07) is 6.87. The summed E-state index contributed by atoms with van der Waals surface area (Å²) in [5, 5.41) is 0.320. The highest BCUT2D eigenvalue weighted by molar-refractivity contribution is 9.09. The van der Waals surface area contributed by atoms with Crippen LogP contribution in [0.4, 0.5) is 0 Å². The van der Waals surface area contributed by atoms with Crippen LogP contribution in [0.1, 0.15) is 53.0 Å². The van der Waals surface area contributed by atoms with Crippen molar-refractivity contribution in [2.75, 3.05) is 0 Å². The van der Waals surface area contributed by atoms with Gasteiger partial charge in [-0.05, 0) is 24.6 Å². The Kier molecular flexibility index (Phi) is 6.12. The second-order valence-electron chi connectivity index (χ2n) is 6.88. The zero-order chi connectivity index (χ0) is 18.8. The lowest BCUT2D eigenvalue weighted by Crippen LogP contribution is -2.22. The third-order valence-corrected chi connectivity index (χ3v) is 5.15. The standard InChI is InChI=1S/C19H20BrClN2O2/c1-11-22-9-8-14(23-11)16(20)18(25)13-7-5-6-12(17(13)21)10-15(24)19(2,3)4/h5-9,16H,10H2,1-4H3. The van der Waals surface area contributed by atoms with Gasteiger partial charge in [-0.2, -0.15) is 0 Å². The van der Waals surface area contributed by atoms with Crippen molar-refractivity contribution in [1.82, 2.24) is 9.97 Å². The van der Waals surface area contributed by atoms with Gasteiger partial charge in [0.25, 0.3) is 0 Å². The summed E-state index contributed by atoms with van der Waals surface area (Å²) >= 11 is 9.83. The normalized spacial score (nSPS) is 12.7. The third kappa shape index (κ3) is 4.73. The first-order chi connectivity index (χ1) is 11.6. The maximum absolute atomic E-state index is 12.8. The number of carbonyl (C=O) groups is 2. The number of halogens is 2. The van der Waals surface area contributed by atoms with Crippen LogP contribution in [0, 0.1) is 12.3 Å². The molecular weight excluding hydrogens is 404 g/mol. The Morgan fingerprint density at radius 1 is 1.24 bits per heavy atom. The van der Waals surface area contributed by atoms with E-state index < -0.39 is 10.2 Å². The van der Waals surface area contributed by atoms with Gasteiger partial charge in [-0.15, -0.1) is 0 Å². The molecule has 2 aromatic rings. The molecule has 0 aliphatic carbocycles. The number of benzene rings is 1. The molecule has 1 atom stereocenters. The highest BCUT2D eigenvalue weighted by Gasteiger charge is 2.26. The minimum atomic E-state index is -0.625. The second kappa shape index (κ2) is 7.75. The molecule has 0 bridgehead atoms. The molecular formula is C19H20BrClN2O2. The molecule has 6 heteroatoms. The monoisotopic (exact) mass is 422 g/mol. The van der Waals surface area contributed by atoms with Crippen LogP contribution in [0.25, 0.3) is 0 Å². The molecule has 1 aromatic heterocycles. The SMILES string of the molecule is Cc1nccc(C(Br)C(=O)c2cccc(CC(=O)C(C)(C)C)c2Cl)n1. The summed E-state index contributed by atoms with van der Waals surface area (Å²) in [5.41, 5.74) is 1.15. The number of hydrogen-bond acceptors (Lipinski definition) is 4. The molecule has 0 saturated heterocycles. The average molecular weight is 424 g/mol. The number of Topliss-reactive ketones (excluding diaryl/α,β-unsaturated/α-hetero) is 2. The van der Waals surface area contributed by atoms with Crippen molar-refractivity contribution >= 4 is 39.1 Å². The largest absolute Gasteiger partial charge is 0.299 e. The predicted molar refractivity (Wildman–Crippen MR) is 102 cm³/mol. The number of ketones is 2. The van der Waals surface area contributed by atoms with E-state index in [1.165, 1.54) is 0 Å². The molecule has 0 saturated carbocycles. The van der Waals surface area contributed by atoms with Crippen molar-refractivity contribution in [2.45, 2.75) is 38.9 Å². The topological polar surface area (TPSA) is 59.9 Å². The predicted octanol–water partition coefficient (Wildman–Crippen LogP) is 4.92. The summed E-state index contributed by atoms with van der Waals surface area (Å²) in [5.74, 6) is 0.458. The molecule has 1 unspecified atom stereocenters. The number of nitrogens with zero attached hydrogens (tertiary/aromatic N) is 2. The lowest BCUT2D eigenvalue weighted by atomic mass is 9.86. The van der Waals surface area contributed by atoms with Crippen molar-refractivity contribution in [2.24, 2.45) is 5.41 Å². The average Bonchev–Trinajstić information content (AvgIpc) is 2.54. The summed E-state index contributed by atoms with van der Waals surface area (Å²) in [7, 11) is 0. The second-order valence-corrected chi connectivity index (χ2v) is 8.18. The molecule has 0 aliphatic rings. The van der Waals surface area contributed by atoms with Gasteiger partial charge >= 0.3 is 0 Å². The first-order valence-corrected chi connectivity index (χ1v) is 9.19. The summed E-state index contributed by atoms with van der Waals surface area (Å²) in [6.07, 6.45) is 1.81. The smallest absolute Gasteiger partial charge is 0.184 e. The van der Waals surface area contributed by atoms with Gasteiger partial charge in [-0.25, -0.2) is 9.97 Å². The zero-order valence-electron chi connectivity index (χ0n) is 14.6. The number of alkyl halides is 1. The first kappa shape index (κ1) is 19.7. The van der Waals surface area contributed by atoms with Crippen LogP contribution < -0.4 is 0 Å². The van der Waals surface area contributed by atoms with Crippen molar-refractivity contribution < 1.29 is 9.59 Å². The number of rotatable bonds is 5. The van der Waals surface area contributed by atoms with E-state index in [0.29, 0.717) is 27.7 Å². The Morgan fingerprint density at radius 2 is 1.92 bits per heavy atom. The molecule has 2 rings (SSSR count). The number of aryl methyl sites for hydroxylation is 1. The van der Waals surface area contributed by atoms with E-state index in [1.807, 2.05) is 20.8 Å². The Balaban J connectivity index is 2.32. The fourth-order valence-corrected chi connectivity index (χ4v) is 3.02. The van der Waals surface area contributed by atoms with Crippen LogP contribution in [0.5, 0.6) is 0 Å². The minimum Gasteiger partial charge on any atom is -0.299 e. The van der Waals surface area contributed by atoms with Crippen molar-refractivity contribution in [3.8, 4) is 0 Å². The third-order valence-electron chi connectivity index (χ3n) is 3.82. The molecule has 0 N–H and O–H groups in total. The summed E-state index contributed by atoms with van der Waals surface area (Å²) in [4.78, 5) is 32.8. The molecule has 1 heterocycles. The van der Waals surface area contributed by atoms with E-state index >= 15 is 0 Å². The van der Waals surface area contributed by atoms with E-state index in [4.69, 9.17) is 11.6 Å². The van der Waals surface area contributed by atoms with Crippen molar-refractivity contribution in [3.05, 3.63) is 58.1 Å². The van der Waals surface area contributed by atoms with Crippen molar-refractivity contribution in [3.63, 3.8) is 0 Å². The molecule has 0 fully saturated rings. The van der Waals surface area contributed by atoms with Gasteiger partial charge in [0.15, 0.2) is 5.78 Å². The van der Waals surface area contributed by atoms with E-state index in [9.17, 15) is 9.59 Å². The van der Waals surface area contributed by atoms with E-state index in [2.05, 4.69) is 25.9 Å². The van der Waals surface area contributed by atoms with Crippen LogP contribution in [0.15, 0.2) is 30.5 Å². The molecule has 25 heavy (non-hydrogen) atoms. The molecule has 1 aromatic carbocycles. The Bertz CT molecular complexity index is 815. The molecule has 132 valence electrons. The van der Waals surface area contributed by atoms with Gasteiger partial charge in [0.05, 0.1) is 10.7 Å². The fourth-order valence-electron chi connectivity index (χ4n) is 2.23. The van der Waals surface area contributed by atoms with Crippen molar-refractivity contribution in [1.29, 1.82) is 0 Å². The maximum Gasteiger partial charge on any atom is 0.184 e. The fraction of sp³-hybridized carbons (Fsp3) is 0.368. The molecule has 0 aliphatic heterocycles. The molecule has 0 spiro atoms. The minimum absolute atomic E-state index is 0.0702. The van der Waals surface area contributed by atoms with E-state index in [-0.39, 0.29) is 18.0 Å². The Hall–Kier alpha value is -1.59. The lowest BCUT2D eigenvalue weighted by molar-refractivity contribution is -0.125. The van der Waals surface area contributed by atoms with Gasteiger partial charge in [-0.3, -0.25) is 9.59 Å². The number of carbonyl (C=O) groups excluding carboxylic acids is 2. The van der Waals surface area contributed by atoms with Crippen LogP contribution >= 0.6 is 27.5 Å². The van der Waals surface area contributed by atoms with Gasteiger partial charge in [0, 0.05) is 23.6 Å². The van der Waals surface area contributed by atoms with E-state index in [1.54, 1.807) is 37.4 Å². The Morgan fingerprint density at radius 3 is 2.52 bits per heavy atom. The van der Waals surface area contributed by atoms with Gasteiger partial charge in [0.1, 0.15) is 16.4 Å². The molecule has 4 nitrogen and oxygen atoms in total. The summed E-state index contributed by atoms with van der Waals surface area (Å²) in [6.45, 7) is 7.36.